The molecule has 10 nitrogen and oxygen atoms in total. The summed E-state index contributed by atoms with van der Waals surface area (Å²) >= 11 is 1.62. The number of aromatic nitrogens is 6. The molecule has 0 bridgehead atoms. The summed E-state index contributed by atoms with van der Waals surface area (Å²) in [6.45, 7) is 4.64. The van der Waals surface area contributed by atoms with Crippen LogP contribution in [0.5, 0.6) is 0 Å². The fourth-order valence-electron chi connectivity index (χ4n) is 3.66. The molecule has 0 radical (unpaired) electrons. The highest BCUT2D eigenvalue weighted by Gasteiger charge is 2.21. The van der Waals surface area contributed by atoms with E-state index in [1.165, 1.54) is 0 Å². The van der Waals surface area contributed by atoms with Crippen molar-refractivity contribution >= 4 is 34.1 Å². The third-order valence-electron chi connectivity index (χ3n) is 5.34. The van der Waals surface area contributed by atoms with Crippen LogP contribution in [-0.4, -0.2) is 67.5 Å². The first-order valence-electron chi connectivity index (χ1n) is 9.96. The molecule has 11 heteroatoms. The van der Waals surface area contributed by atoms with Gasteiger partial charge in [-0.2, -0.15) is 20.1 Å². The van der Waals surface area contributed by atoms with E-state index < -0.39 is 0 Å². The van der Waals surface area contributed by atoms with E-state index in [-0.39, 0.29) is 0 Å². The zero-order valence-corrected chi connectivity index (χ0v) is 17.5. The van der Waals surface area contributed by atoms with Crippen molar-refractivity contribution in [2.45, 2.75) is 12.8 Å². The predicted molar refractivity (Wildman–Crippen MR) is 115 cm³/mol. The van der Waals surface area contributed by atoms with Gasteiger partial charge >= 0.3 is 0 Å². The van der Waals surface area contributed by atoms with Crippen LogP contribution >= 0.6 is 11.3 Å². The number of piperazine rings is 1. The number of thiophene rings is 1. The molecule has 1 saturated heterocycles. The Balaban J connectivity index is 1.13. The largest absolute Gasteiger partial charge is 0.383 e. The van der Waals surface area contributed by atoms with Crippen molar-refractivity contribution < 1.29 is 4.52 Å². The molecular formula is C19H23N9OS. The Labute approximate surface area is 177 Å². The van der Waals surface area contributed by atoms with Gasteiger partial charge in [-0.1, -0.05) is 11.2 Å². The van der Waals surface area contributed by atoms with Crippen LogP contribution in [0.4, 0.5) is 11.8 Å². The lowest BCUT2D eigenvalue weighted by Gasteiger charge is -2.34. The minimum atomic E-state index is 0.479. The van der Waals surface area contributed by atoms with Gasteiger partial charge in [0.1, 0.15) is 5.82 Å². The first-order valence-corrected chi connectivity index (χ1v) is 10.8. The molecule has 5 rings (SSSR count). The van der Waals surface area contributed by atoms with Crippen molar-refractivity contribution in [2.24, 2.45) is 7.05 Å². The van der Waals surface area contributed by atoms with Crippen molar-refractivity contribution in [1.29, 1.82) is 0 Å². The van der Waals surface area contributed by atoms with E-state index in [1.54, 1.807) is 22.2 Å². The Morgan fingerprint density at radius 3 is 2.83 bits per heavy atom. The molecule has 156 valence electrons. The maximum absolute atomic E-state index is 6.10. The number of hydrogen-bond acceptors (Lipinski definition) is 10. The van der Waals surface area contributed by atoms with Crippen LogP contribution in [0.2, 0.25) is 0 Å². The summed E-state index contributed by atoms with van der Waals surface area (Å²) in [5.41, 5.74) is 6.86. The maximum atomic E-state index is 6.10. The summed E-state index contributed by atoms with van der Waals surface area (Å²) in [6, 6.07) is 3.99. The van der Waals surface area contributed by atoms with Gasteiger partial charge in [-0.15, -0.1) is 11.3 Å². The van der Waals surface area contributed by atoms with Crippen LogP contribution in [0.3, 0.4) is 0 Å². The molecular weight excluding hydrogens is 402 g/mol. The van der Waals surface area contributed by atoms with E-state index in [2.05, 4.69) is 35.0 Å². The molecule has 0 atom stereocenters. The summed E-state index contributed by atoms with van der Waals surface area (Å²) < 4.78 is 7.12. The first-order chi connectivity index (χ1) is 14.7. The highest BCUT2D eigenvalue weighted by molar-refractivity contribution is 7.13. The number of nitrogens with zero attached hydrogens (tertiary/aromatic N) is 8. The number of nitrogen functional groups attached to an aromatic ring is 1. The average Bonchev–Trinajstić information content (AvgIpc) is 3.50. The van der Waals surface area contributed by atoms with E-state index in [4.69, 9.17) is 10.3 Å². The van der Waals surface area contributed by atoms with E-state index in [1.807, 2.05) is 24.6 Å². The van der Waals surface area contributed by atoms with Gasteiger partial charge in [0.05, 0.1) is 16.5 Å². The lowest BCUT2D eigenvalue weighted by Crippen LogP contribution is -2.47. The molecule has 30 heavy (non-hydrogen) atoms. The second kappa shape index (κ2) is 8.00. The van der Waals surface area contributed by atoms with Crippen molar-refractivity contribution in [1.82, 2.24) is 34.8 Å². The van der Waals surface area contributed by atoms with Gasteiger partial charge in [0.2, 0.25) is 17.7 Å². The smallest absolute Gasteiger partial charge is 0.229 e. The molecule has 0 aliphatic carbocycles. The summed E-state index contributed by atoms with van der Waals surface area (Å²) in [7, 11) is 1.86. The van der Waals surface area contributed by atoms with Crippen LogP contribution in [0.15, 0.2) is 28.2 Å². The fourth-order valence-corrected chi connectivity index (χ4v) is 4.31. The Hall–Kier alpha value is -3.05. The molecule has 0 unspecified atom stereocenters. The maximum Gasteiger partial charge on any atom is 0.229 e. The normalized spacial score (nSPS) is 15.3. The van der Waals surface area contributed by atoms with Gasteiger partial charge in [-0.25, -0.2) is 0 Å². The molecule has 5 heterocycles. The predicted octanol–water partition coefficient (Wildman–Crippen LogP) is 1.81. The summed E-state index contributed by atoms with van der Waals surface area (Å²) in [5, 5.41) is 11.1. The summed E-state index contributed by atoms with van der Waals surface area (Å²) in [4.78, 5) is 19.3. The van der Waals surface area contributed by atoms with Gasteiger partial charge in [-0.3, -0.25) is 9.58 Å². The van der Waals surface area contributed by atoms with Gasteiger partial charge in [0.15, 0.2) is 5.65 Å². The standard InChI is InChI=1S/C19H23N9OS/c1-26-18-13(12-21-26)16(20)23-19(24-18)28-9-7-27(8-10-28)6-2-5-15-22-17(25-29-15)14-4-3-11-30-14/h3-4,11-12H,2,5-10H2,1H3,(H2,20,23,24). The number of nitrogens with two attached hydrogens (primary N) is 1. The highest BCUT2D eigenvalue weighted by Crippen LogP contribution is 2.22. The number of aryl methyl sites for hydroxylation is 2. The number of rotatable bonds is 6. The van der Waals surface area contributed by atoms with Gasteiger partial charge < -0.3 is 15.2 Å². The zero-order chi connectivity index (χ0) is 20.5. The van der Waals surface area contributed by atoms with E-state index in [0.29, 0.717) is 23.5 Å². The topological polar surface area (TPSA) is 115 Å². The number of fused-ring (bicyclic) bond motifs is 1. The summed E-state index contributed by atoms with van der Waals surface area (Å²) in [6.07, 6.45) is 3.48. The zero-order valence-electron chi connectivity index (χ0n) is 16.7. The molecule has 0 saturated carbocycles. The van der Waals surface area contributed by atoms with Crippen molar-refractivity contribution in [3.05, 3.63) is 29.6 Å². The number of hydrogen-bond donors (Lipinski definition) is 1. The monoisotopic (exact) mass is 425 g/mol. The van der Waals surface area contributed by atoms with Crippen LogP contribution in [0, 0.1) is 0 Å². The van der Waals surface area contributed by atoms with Crippen LogP contribution in [0.1, 0.15) is 12.3 Å². The molecule has 0 spiro atoms. The van der Waals surface area contributed by atoms with Crippen molar-refractivity contribution in [3.8, 4) is 10.7 Å². The quantitative estimate of drug-likeness (QED) is 0.494. The van der Waals surface area contributed by atoms with E-state index in [9.17, 15) is 0 Å². The van der Waals surface area contributed by atoms with Crippen molar-refractivity contribution in [3.63, 3.8) is 0 Å². The lowest BCUT2D eigenvalue weighted by atomic mass is 10.2. The molecule has 4 aromatic heterocycles. The SMILES string of the molecule is Cn1ncc2c(N)nc(N3CCN(CCCc4nc(-c5cccs5)no4)CC3)nc21. The Morgan fingerprint density at radius 2 is 2.03 bits per heavy atom. The van der Waals surface area contributed by atoms with Crippen LogP contribution < -0.4 is 10.6 Å². The Morgan fingerprint density at radius 1 is 1.17 bits per heavy atom. The van der Waals surface area contributed by atoms with Crippen LogP contribution in [-0.2, 0) is 13.5 Å². The molecule has 0 aromatic carbocycles. The number of anilines is 2. The second-order valence-electron chi connectivity index (χ2n) is 7.34. The van der Waals surface area contributed by atoms with Gasteiger partial charge in [0.25, 0.3) is 0 Å². The average molecular weight is 426 g/mol. The summed E-state index contributed by atoms with van der Waals surface area (Å²) in [5.74, 6) is 2.53. The third kappa shape index (κ3) is 3.73. The fraction of sp³-hybridized carbons (Fsp3) is 0.421. The molecule has 4 aromatic rings. The molecule has 1 aliphatic heterocycles. The van der Waals surface area contributed by atoms with Gasteiger partial charge in [-0.05, 0) is 24.4 Å². The first kappa shape index (κ1) is 18.9. The van der Waals surface area contributed by atoms with Crippen molar-refractivity contribution in [2.75, 3.05) is 43.4 Å². The third-order valence-corrected chi connectivity index (χ3v) is 6.21. The Kier molecular flexibility index (Phi) is 5.05. The minimum absolute atomic E-state index is 0.479. The molecule has 1 aliphatic rings. The van der Waals surface area contributed by atoms with Gasteiger partial charge in [0, 0.05) is 39.6 Å². The van der Waals surface area contributed by atoms with E-state index >= 15 is 0 Å². The van der Waals surface area contributed by atoms with Crippen LogP contribution in [0.25, 0.3) is 21.7 Å². The minimum Gasteiger partial charge on any atom is -0.383 e. The molecule has 2 N–H and O–H groups in total. The second-order valence-corrected chi connectivity index (χ2v) is 8.28. The highest BCUT2D eigenvalue weighted by atomic mass is 32.1. The Bertz CT molecular complexity index is 1130. The van der Waals surface area contributed by atoms with E-state index in [0.717, 1.165) is 61.5 Å². The molecule has 0 amide bonds. The molecule has 1 fully saturated rings. The lowest BCUT2D eigenvalue weighted by molar-refractivity contribution is 0.250.